The molecule has 0 fully saturated rings. The van der Waals surface area contributed by atoms with E-state index in [1.807, 2.05) is 19.0 Å². The highest BCUT2D eigenvalue weighted by Gasteiger charge is 2.01. The zero-order valence-corrected chi connectivity index (χ0v) is 8.09. The Morgan fingerprint density at radius 1 is 1.55 bits per heavy atom. The molecule has 0 aliphatic rings. The Balaban J connectivity index is 3.09. The van der Waals surface area contributed by atoms with E-state index >= 15 is 0 Å². The molecular weight excluding hydrogens is 206 g/mol. The van der Waals surface area contributed by atoms with Gasteiger partial charge in [-0.3, -0.25) is 0 Å². The molecule has 0 radical (unpaired) electrons. The van der Waals surface area contributed by atoms with E-state index in [1.54, 1.807) is 12.3 Å². The predicted octanol–water partition coefficient (Wildman–Crippen LogP) is 1.49. The van der Waals surface area contributed by atoms with E-state index in [0.717, 1.165) is 10.2 Å². The van der Waals surface area contributed by atoms with Gasteiger partial charge >= 0.3 is 0 Å². The number of aromatic nitrogens is 1. The maximum atomic E-state index is 5.47. The summed E-state index contributed by atoms with van der Waals surface area (Å²) in [6.45, 7) is 0. The van der Waals surface area contributed by atoms with Crippen LogP contribution in [0.5, 0.6) is 0 Å². The third-order valence-electron chi connectivity index (χ3n) is 1.34. The molecule has 0 aliphatic heterocycles. The van der Waals surface area contributed by atoms with Gasteiger partial charge in [-0.2, -0.15) is 0 Å². The summed E-state index contributed by atoms with van der Waals surface area (Å²) >= 11 is 3.39. The van der Waals surface area contributed by atoms with Crippen LogP contribution in [0.25, 0.3) is 0 Å². The lowest BCUT2D eigenvalue weighted by atomic mass is 10.4. The standard InChI is InChI=1S/C7H10BrN3/c1-11(2)6-4-10-7(9)3-5(6)8/h3-4H,1-2H3,(H2,9,10). The van der Waals surface area contributed by atoms with E-state index in [1.165, 1.54) is 0 Å². The Bertz CT molecular complexity index is 260. The van der Waals surface area contributed by atoms with Gasteiger partial charge < -0.3 is 10.6 Å². The Morgan fingerprint density at radius 3 is 2.64 bits per heavy atom. The zero-order valence-electron chi connectivity index (χ0n) is 6.50. The lowest BCUT2D eigenvalue weighted by molar-refractivity contribution is 1.10. The van der Waals surface area contributed by atoms with Crippen molar-refractivity contribution in [1.29, 1.82) is 0 Å². The molecule has 0 aromatic carbocycles. The quantitative estimate of drug-likeness (QED) is 0.773. The van der Waals surface area contributed by atoms with Crippen molar-refractivity contribution in [2.24, 2.45) is 0 Å². The molecule has 0 amide bonds. The third kappa shape index (κ3) is 1.83. The molecule has 0 spiro atoms. The number of nitrogen functional groups attached to an aromatic ring is 1. The number of nitrogens with zero attached hydrogens (tertiary/aromatic N) is 2. The summed E-state index contributed by atoms with van der Waals surface area (Å²) in [6, 6.07) is 1.79. The summed E-state index contributed by atoms with van der Waals surface area (Å²) in [7, 11) is 3.91. The normalized spacial score (nSPS) is 9.73. The first kappa shape index (κ1) is 8.33. The van der Waals surface area contributed by atoms with Gasteiger partial charge in [-0.05, 0) is 22.0 Å². The number of nitrogens with two attached hydrogens (primary N) is 1. The van der Waals surface area contributed by atoms with Crippen LogP contribution in [0.2, 0.25) is 0 Å². The first-order valence-corrected chi connectivity index (χ1v) is 3.99. The molecule has 0 atom stereocenters. The Kier molecular flexibility index (Phi) is 2.34. The van der Waals surface area contributed by atoms with Crippen molar-refractivity contribution in [1.82, 2.24) is 4.98 Å². The van der Waals surface area contributed by atoms with Crippen molar-refractivity contribution < 1.29 is 0 Å². The summed E-state index contributed by atoms with van der Waals surface area (Å²) in [5, 5.41) is 0. The van der Waals surface area contributed by atoms with E-state index < -0.39 is 0 Å². The predicted molar refractivity (Wildman–Crippen MR) is 50.7 cm³/mol. The maximum absolute atomic E-state index is 5.47. The van der Waals surface area contributed by atoms with Gasteiger partial charge in [0.05, 0.1) is 11.9 Å². The molecule has 60 valence electrons. The number of hydrogen-bond acceptors (Lipinski definition) is 3. The molecule has 0 bridgehead atoms. The highest BCUT2D eigenvalue weighted by Crippen LogP contribution is 2.24. The molecule has 0 unspecified atom stereocenters. The van der Waals surface area contributed by atoms with Gasteiger partial charge in [-0.25, -0.2) is 4.98 Å². The van der Waals surface area contributed by atoms with Gasteiger partial charge in [-0.15, -0.1) is 0 Å². The lowest BCUT2D eigenvalue weighted by Gasteiger charge is -2.13. The molecule has 4 heteroatoms. The van der Waals surface area contributed by atoms with Gasteiger partial charge in [-0.1, -0.05) is 0 Å². The second-order valence-electron chi connectivity index (χ2n) is 2.46. The lowest BCUT2D eigenvalue weighted by Crippen LogP contribution is -2.09. The Labute approximate surface area is 74.3 Å². The SMILES string of the molecule is CN(C)c1cnc(N)cc1Br. The zero-order chi connectivity index (χ0) is 8.43. The van der Waals surface area contributed by atoms with Gasteiger partial charge in [0.25, 0.3) is 0 Å². The van der Waals surface area contributed by atoms with E-state index in [2.05, 4.69) is 20.9 Å². The van der Waals surface area contributed by atoms with Gasteiger partial charge in [0.2, 0.25) is 0 Å². The summed E-state index contributed by atoms with van der Waals surface area (Å²) < 4.78 is 0.968. The average Bonchev–Trinajstić information content (AvgIpc) is 1.85. The molecular formula is C7H10BrN3. The van der Waals surface area contributed by atoms with Crippen LogP contribution >= 0.6 is 15.9 Å². The van der Waals surface area contributed by atoms with E-state index in [-0.39, 0.29) is 0 Å². The van der Waals surface area contributed by atoms with Crippen LogP contribution in [0.3, 0.4) is 0 Å². The molecule has 0 saturated heterocycles. The van der Waals surface area contributed by atoms with E-state index in [4.69, 9.17) is 5.73 Å². The molecule has 3 nitrogen and oxygen atoms in total. The van der Waals surface area contributed by atoms with Crippen LogP contribution in [0.1, 0.15) is 0 Å². The molecule has 2 N–H and O–H groups in total. The van der Waals surface area contributed by atoms with Crippen LogP contribution in [0.4, 0.5) is 11.5 Å². The smallest absolute Gasteiger partial charge is 0.124 e. The fourth-order valence-corrected chi connectivity index (χ4v) is 1.46. The minimum Gasteiger partial charge on any atom is -0.384 e. The second kappa shape index (κ2) is 3.09. The number of pyridine rings is 1. The first-order valence-electron chi connectivity index (χ1n) is 3.19. The molecule has 0 aliphatic carbocycles. The van der Waals surface area contributed by atoms with Crippen molar-refractivity contribution in [3.8, 4) is 0 Å². The third-order valence-corrected chi connectivity index (χ3v) is 1.97. The summed E-state index contributed by atoms with van der Waals surface area (Å²) in [5.41, 5.74) is 6.50. The summed E-state index contributed by atoms with van der Waals surface area (Å²) in [4.78, 5) is 5.94. The minimum atomic E-state index is 0.530. The van der Waals surface area contributed by atoms with Crippen LogP contribution < -0.4 is 10.6 Å². The van der Waals surface area contributed by atoms with E-state index in [9.17, 15) is 0 Å². The monoisotopic (exact) mass is 215 g/mol. The number of anilines is 2. The molecule has 1 aromatic rings. The molecule has 1 heterocycles. The van der Waals surface area contributed by atoms with Crippen molar-refractivity contribution in [2.75, 3.05) is 24.7 Å². The molecule has 1 rings (SSSR count). The maximum Gasteiger partial charge on any atom is 0.124 e. The van der Waals surface area contributed by atoms with Crippen LogP contribution in [-0.4, -0.2) is 19.1 Å². The van der Waals surface area contributed by atoms with Gasteiger partial charge in [0.1, 0.15) is 5.82 Å². The highest BCUT2D eigenvalue weighted by atomic mass is 79.9. The largest absolute Gasteiger partial charge is 0.384 e. The van der Waals surface area contributed by atoms with Gasteiger partial charge in [0.15, 0.2) is 0 Å². The highest BCUT2D eigenvalue weighted by molar-refractivity contribution is 9.10. The molecule has 11 heavy (non-hydrogen) atoms. The fraction of sp³-hybridized carbons (Fsp3) is 0.286. The topological polar surface area (TPSA) is 42.2 Å². The number of rotatable bonds is 1. The molecule has 0 saturated carbocycles. The second-order valence-corrected chi connectivity index (χ2v) is 3.31. The average molecular weight is 216 g/mol. The van der Waals surface area contributed by atoms with Crippen LogP contribution in [0.15, 0.2) is 16.7 Å². The van der Waals surface area contributed by atoms with Gasteiger partial charge in [0, 0.05) is 18.6 Å². The van der Waals surface area contributed by atoms with Crippen LogP contribution in [-0.2, 0) is 0 Å². The Morgan fingerprint density at radius 2 is 2.18 bits per heavy atom. The van der Waals surface area contributed by atoms with Crippen molar-refractivity contribution >= 4 is 27.4 Å². The number of halogens is 1. The molecule has 1 aromatic heterocycles. The first-order chi connectivity index (χ1) is 5.11. The van der Waals surface area contributed by atoms with Crippen LogP contribution in [0, 0.1) is 0 Å². The van der Waals surface area contributed by atoms with E-state index in [0.29, 0.717) is 5.82 Å². The fourth-order valence-electron chi connectivity index (χ4n) is 0.767. The Hall–Kier alpha value is -0.770. The minimum absolute atomic E-state index is 0.530. The van der Waals surface area contributed by atoms with Crippen molar-refractivity contribution in [3.05, 3.63) is 16.7 Å². The summed E-state index contributed by atoms with van der Waals surface area (Å²) in [5.74, 6) is 0.530. The number of hydrogen-bond donors (Lipinski definition) is 1. The summed E-state index contributed by atoms with van der Waals surface area (Å²) in [6.07, 6.45) is 1.74. The van der Waals surface area contributed by atoms with Crippen molar-refractivity contribution in [3.63, 3.8) is 0 Å². The van der Waals surface area contributed by atoms with Crippen molar-refractivity contribution in [2.45, 2.75) is 0 Å².